The van der Waals surface area contributed by atoms with E-state index in [1.165, 1.54) is 0 Å². The molecule has 0 amide bonds. The number of thioether (sulfide) groups is 1. The molecule has 0 saturated carbocycles. The van der Waals surface area contributed by atoms with Gasteiger partial charge < -0.3 is 9.67 Å². The topological polar surface area (TPSA) is 46.2 Å². The molecule has 20 heavy (non-hydrogen) atoms. The zero-order valence-electron chi connectivity index (χ0n) is 12.4. The fourth-order valence-electron chi connectivity index (χ4n) is 2.51. The Balaban J connectivity index is 2.19. The number of aromatic nitrogens is 3. The predicted octanol–water partition coefficient (Wildman–Crippen LogP) is 2.10. The molecule has 2 rings (SSSR count). The summed E-state index contributed by atoms with van der Waals surface area (Å²) in [6.45, 7) is 9.18. The minimum Gasteiger partial charge on any atom is -0.388 e. The van der Waals surface area contributed by atoms with Gasteiger partial charge in [0.25, 0.3) is 0 Å². The highest BCUT2D eigenvalue weighted by atomic mass is 32.2. The SMILES string of the molecule is CCCn1c(CO)nn(CN2CCSC(C)C2C)c1=S. The molecule has 1 fully saturated rings. The smallest absolute Gasteiger partial charge is 0.199 e. The summed E-state index contributed by atoms with van der Waals surface area (Å²) in [6, 6.07) is 0.518. The molecule has 1 N–H and O–H groups in total. The number of rotatable bonds is 5. The molecular weight excluding hydrogens is 292 g/mol. The van der Waals surface area contributed by atoms with Crippen molar-refractivity contribution in [2.45, 2.75) is 58.3 Å². The van der Waals surface area contributed by atoms with Gasteiger partial charge in [0.1, 0.15) is 6.61 Å². The van der Waals surface area contributed by atoms with Crippen LogP contribution in [0.2, 0.25) is 0 Å². The molecule has 1 aromatic rings. The first-order chi connectivity index (χ1) is 9.58. The Hall–Kier alpha value is -0.370. The molecule has 2 atom stereocenters. The van der Waals surface area contributed by atoms with E-state index >= 15 is 0 Å². The monoisotopic (exact) mass is 316 g/mol. The second kappa shape index (κ2) is 7.06. The summed E-state index contributed by atoms with van der Waals surface area (Å²) in [6.07, 6.45) is 0.987. The molecule has 1 aliphatic rings. The molecule has 0 spiro atoms. The maximum atomic E-state index is 9.42. The van der Waals surface area contributed by atoms with Gasteiger partial charge in [-0.2, -0.15) is 16.9 Å². The first kappa shape index (κ1) is 16.0. The molecule has 0 bridgehead atoms. The van der Waals surface area contributed by atoms with Gasteiger partial charge in [-0.1, -0.05) is 13.8 Å². The van der Waals surface area contributed by atoms with E-state index in [2.05, 4.69) is 30.8 Å². The number of aliphatic hydroxyl groups is 1. The minimum atomic E-state index is -0.0571. The summed E-state index contributed by atoms with van der Waals surface area (Å²) < 4.78 is 4.52. The standard InChI is InChI=1S/C13H24N4OS2/c1-4-5-16-12(8-18)14-17(13(16)19)9-15-6-7-20-11(3)10(15)2/h10-11,18H,4-9H2,1-3H3. The first-order valence-electron chi connectivity index (χ1n) is 7.21. The lowest BCUT2D eigenvalue weighted by Crippen LogP contribution is -2.45. The van der Waals surface area contributed by atoms with Crippen LogP contribution in [0.15, 0.2) is 0 Å². The van der Waals surface area contributed by atoms with E-state index in [1.807, 2.05) is 21.0 Å². The summed E-state index contributed by atoms with van der Waals surface area (Å²) in [7, 11) is 0. The lowest BCUT2D eigenvalue weighted by molar-refractivity contribution is 0.155. The van der Waals surface area contributed by atoms with Gasteiger partial charge in [-0.3, -0.25) is 4.90 Å². The average molecular weight is 316 g/mol. The molecule has 0 radical (unpaired) electrons. The van der Waals surface area contributed by atoms with E-state index in [0.717, 1.165) is 25.3 Å². The molecular formula is C13H24N4OS2. The Bertz CT molecular complexity index is 499. The predicted molar refractivity (Wildman–Crippen MR) is 85.4 cm³/mol. The van der Waals surface area contributed by atoms with Crippen LogP contribution in [0, 0.1) is 4.77 Å². The van der Waals surface area contributed by atoms with Crippen LogP contribution in [-0.2, 0) is 19.8 Å². The molecule has 2 heterocycles. The zero-order chi connectivity index (χ0) is 14.7. The van der Waals surface area contributed by atoms with E-state index in [9.17, 15) is 5.11 Å². The molecule has 5 nitrogen and oxygen atoms in total. The van der Waals surface area contributed by atoms with E-state index in [1.54, 1.807) is 0 Å². The van der Waals surface area contributed by atoms with Crippen molar-refractivity contribution in [1.29, 1.82) is 0 Å². The molecule has 0 aromatic carbocycles. The van der Waals surface area contributed by atoms with Crippen LogP contribution in [0.3, 0.4) is 0 Å². The van der Waals surface area contributed by atoms with Crippen LogP contribution in [0.25, 0.3) is 0 Å². The van der Waals surface area contributed by atoms with E-state index < -0.39 is 0 Å². The number of hydrogen-bond donors (Lipinski definition) is 1. The van der Waals surface area contributed by atoms with Crippen molar-refractivity contribution < 1.29 is 5.11 Å². The van der Waals surface area contributed by atoms with Crippen LogP contribution < -0.4 is 0 Å². The fraction of sp³-hybridized carbons (Fsp3) is 0.846. The summed E-state index contributed by atoms with van der Waals surface area (Å²) >= 11 is 7.52. The van der Waals surface area contributed by atoms with Crippen molar-refractivity contribution in [2.24, 2.45) is 0 Å². The Labute approximate surface area is 130 Å². The minimum absolute atomic E-state index is 0.0571. The van der Waals surface area contributed by atoms with Crippen LogP contribution in [0.4, 0.5) is 0 Å². The molecule has 2 unspecified atom stereocenters. The van der Waals surface area contributed by atoms with Gasteiger partial charge in [0.2, 0.25) is 0 Å². The van der Waals surface area contributed by atoms with Crippen LogP contribution >= 0.6 is 24.0 Å². The highest BCUT2D eigenvalue weighted by Crippen LogP contribution is 2.24. The molecule has 7 heteroatoms. The van der Waals surface area contributed by atoms with Crippen molar-refractivity contribution in [3.05, 3.63) is 10.6 Å². The number of aliphatic hydroxyl groups excluding tert-OH is 1. The highest BCUT2D eigenvalue weighted by molar-refractivity contribution is 8.00. The zero-order valence-corrected chi connectivity index (χ0v) is 14.1. The van der Waals surface area contributed by atoms with Crippen LogP contribution in [0.5, 0.6) is 0 Å². The Morgan fingerprint density at radius 1 is 1.45 bits per heavy atom. The Morgan fingerprint density at radius 2 is 2.20 bits per heavy atom. The Kier molecular flexibility index (Phi) is 5.65. The number of hydrogen-bond acceptors (Lipinski definition) is 5. The van der Waals surface area contributed by atoms with Crippen molar-refractivity contribution in [3.8, 4) is 0 Å². The largest absolute Gasteiger partial charge is 0.388 e. The molecule has 1 aromatic heterocycles. The summed E-state index contributed by atoms with van der Waals surface area (Å²) in [5.74, 6) is 1.82. The van der Waals surface area contributed by atoms with Gasteiger partial charge in [0.05, 0.1) is 6.67 Å². The van der Waals surface area contributed by atoms with Crippen molar-refractivity contribution in [1.82, 2.24) is 19.2 Å². The quantitative estimate of drug-likeness (QED) is 0.843. The Morgan fingerprint density at radius 3 is 2.85 bits per heavy atom. The van der Waals surface area contributed by atoms with Crippen molar-refractivity contribution in [2.75, 3.05) is 12.3 Å². The van der Waals surface area contributed by atoms with Gasteiger partial charge in [-0.25, -0.2) is 4.68 Å². The van der Waals surface area contributed by atoms with E-state index in [-0.39, 0.29) is 6.61 Å². The average Bonchev–Trinajstić information content (AvgIpc) is 2.73. The van der Waals surface area contributed by atoms with Crippen molar-refractivity contribution >= 4 is 24.0 Å². The van der Waals surface area contributed by atoms with Crippen molar-refractivity contribution in [3.63, 3.8) is 0 Å². The molecule has 0 aliphatic carbocycles. The summed E-state index contributed by atoms with van der Waals surface area (Å²) in [4.78, 5) is 2.42. The second-order valence-electron chi connectivity index (χ2n) is 5.28. The molecule has 114 valence electrons. The normalized spacial score (nSPS) is 24.2. The third-order valence-corrected chi connectivity index (χ3v) is 5.69. The molecule has 1 aliphatic heterocycles. The van der Waals surface area contributed by atoms with Gasteiger partial charge >= 0.3 is 0 Å². The second-order valence-corrected chi connectivity index (χ2v) is 7.13. The maximum Gasteiger partial charge on any atom is 0.199 e. The molecule has 1 saturated heterocycles. The lowest BCUT2D eigenvalue weighted by atomic mass is 10.2. The van der Waals surface area contributed by atoms with Gasteiger partial charge in [0, 0.05) is 30.1 Å². The third kappa shape index (κ3) is 3.27. The fourth-order valence-corrected chi connectivity index (χ4v) is 3.97. The van der Waals surface area contributed by atoms with Gasteiger partial charge in [-0.05, 0) is 25.6 Å². The lowest BCUT2D eigenvalue weighted by Gasteiger charge is -2.37. The van der Waals surface area contributed by atoms with Gasteiger partial charge in [0.15, 0.2) is 10.6 Å². The first-order valence-corrected chi connectivity index (χ1v) is 8.67. The summed E-state index contributed by atoms with van der Waals surface area (Å²) in [5.41, 5.74) is 0. The van der Waals surface area contributed by atoms with Crippen LogP contribution in [-0.4, -0.2) is 47.9 Å². The van der Waals surface area contributed by atoms with Crippen LogP contribution in [0.1, 0.15) is 33.0 Å². The van der Waals surface area contributed by atoms with E-state index in [0.29, 0.717) is 28.6 Å². The van der Waals surface area contributed by atoms with Gasteiger partial charge in [-0.15, -0.1) is 0 Å². The maximum absolute atomic E-state index is 9.42. The van der Waals surface area contributed by atoms with E-state index in [4.69, 9.17) is 12.2 Å². The third-order valence-electron chi connectivity index (χ3n) is 3.92. The summed E-state index contributed by atoms with van der Waals surface area (Å²) in [5, 5.41) is 14.5. The highest BCUT2D eigenvalue weighted by Gasteiger charge is 2.26. The number of nitrogens with zero attached hydrogens (tertiary/aromatic N) is 4.